The predicted octanol–water partition coefficient (Wildman–Crippen LogP) is 0.397. The van der Waals surface area contributed by atoms with Gasteiger partial charge in [-0.15, -0.1) is 0 Å². The topological polar surface area (TPSA) is 74.8 Å². The van der Waals surface area contributed by atoms with E-state index < -0.39 is 0 Å². The maximum atomic E-state index is 11.7. The van der Waals surface area contributed by atoms with Crippen LogP contribution in [0.5, 0.6) is 0 Å². The number of nitrogens with zero attached hydrogens (tertiary/aromatic N) is 5. The van der Waals surface area contributed by atoms with Crippen LogP contribution in [0, 0.1) is 0 Å². The van der Waals surface area contributed by atoms with Gasteiger partial charge < -0.3 is 4.84 Å². The fourth-order valence-electron chi connectivity index (χ4n) is 1.54. The number of imidazole rings is 1. The van der Waals surface area contributed by atoms with Crippen LogP contribution in [0.25, 0.3) is 11.2 Å². The van der Waals surface area contributed by atoms with Crippen LogP contribution >= 0.6 is 0 Å². The van der Waals surface area contributed by atoms with E-state index in [1.54, 1.807) is 30.7 Å². The molecule has 0 aliphatic heterocycles. The highest BCUT2D eigenvalue weighted by molar-refractivity contribution is 5.80. The van der Waals surface area contributed by atoms with Gasteiger partial charge in [0.15, 0.2) is 12.3 Å². The van der Waals surface area contributed by atoms with Crippen molar-refractivity contribution in [1.29, 1.82) is 0 Å². The van der Waals surface area contributed by atoms with E-state index >= 15 is 0 Å². The molecule has 0 aliphatic rings. The van der Waals surface area contributed by atoms with Gasteiger partial charge >= 0.3 is 0 Å². The Bertz CT molecular complexity index is 674. The zero-order valence-electron chi connectivity index (χ0n) is 9.30. The third kappa shape index (κ3) is 1.81. The van der Waals surface area contributed by atoms with E-state index in [2.05, 4.69) is 15.0 Å². The Kier molecular flexibility index (Phi) is 2.49. The summed E-state index contributed by atoms with van der Waals surface area (Å²) in [4.78, 5) is 29.0. The maximum Gasteiger partial charge on any atom is 0.271 e. The molecule has 90 valence electrons. The lowest BCUT2D eigenvalue weighted by molar-refractivity contribution is 0.0646. The molecule has 0 saturated carbocycles. The third-order valence-electron chi connectivity index (χ3n) is 2.40. The summed E-state index contributed by atoms with van der Waals surface area (Å²) in [5.74, 6) is -0.170. The van der Waals surface area contributed by atoms with E-state index in [9.17, 15) is 4.79 Å². The minimum Gasteiger partial charge on any atom is -0.401 e. The summed E-state index contributed by atoms with van der Waals surface area (Å²) in [7, 11) is 0. The standard InChI is InChI=1S/C11H9N5O2/c17-10(15-3-1-2-4-15)6-18-16-8-14-9-5-12-7-13-11(9)16/h1-5,7-8H,6H2. The zero-order valence-corrected chi connectivity index (χ0v) is 9.30. The number of hydrogen-bond donors (Lipinski definition) is 0. The highest BCUT2D eigenvalue weighted by Gasteiger charge is 2.08. The first kappa shape index (κ1) is 10.5. The molecule has 0 unspecified atom stereocenters. The molecule has 3 heterocycles. The van der Waals surface area contributed by atoms with E-state index in [0.717, 1.165) is 0 Å². The van der Waals surface area contributed by atoms with Crippen LogP contribution in [0.15, 0.2) is 43.4 Å². The van der Waals surface area contributed by atoms with Crippen LogP contribution in [0.2, 0.25) is 0 Å². The molecule has 0 aliphatic carbocycles. The molecule has 0 radical (unpaired) electrons. The van der Waals surface area contributed by atoms with Crippen LogP contribution < -0.4 is 4.84 Å². The van der Waals surface area contributed by atoms with Crippen molar-refractivity contribution < 1.29 is 9.63 Å². The monoisotopic (exact) mass is 243 g/mol. The van der Waals surface area contributed by atoms with Crippen molar-refractivity contribution in [3.63, 3.8) is 0 Å². The summed E-state index contributed by atoms with van der Waals surface area (Å²) in [6.07, 6.45) is 7.77. The van der Waals surface area contributed by atoms with Gasteiger partial charge in [0, 0.05) is 12.4 Å². The van der Waals surface area contributed by atoms with Crippen LogP contribution in [0.1, 0.15) is 4.79 Å². The highest BCUT2D eigenvalue weighted by atomic mass is 16.7. The molecule has 0 atom stereocenters. The van der Waals surface area contributed by atoms with Gasteiger partial charge in [0.1, 0.15) is 18.2 Å². The van der Waals surface area contributed by atoms with Crippen molar-refractivity contribution in [2.75, 3.05) is 6.61 Å². The molecule has 0 fully saturated rings. The van der Waals surface area contributed by atoms with Crippen LogP contribution in [0.3, 0.4) is 0 Å². The molecule has 0 amide bonds. The lowest BCUT2D eigenvalue weighted by Crippen LogP contribution is -2.23. The van der Waals surface area contributed by atoms with Gasteiger partial charge in [0.25, 0.3) is 5.91 Å². The first-order valence-corrected chi connectivity index (χ1v) is 5.27. The van der Waals surface area contributed by atoms with Crippen LogP contribution in [-0.2, 0) is 0 Å². The molecule has 7 heteroatoms. The van der Waals surface area contributed by atoms with Gasteiger partial charge in [-0.3, -0.25) is 9.36 Å². The Labute approximate surface area is 102 Å². The van der Waals surface area contributed by atoms with Crippen molar-refractivity contribution in [1.82, 2.24) is 24.2 Å². The van der Waals surface area contributed by atoms with E-state index in [-0.39, 0.29) is 12.5 Å². The molecule has 3 aromatic rings. The first-order valence-electron chi connectivity index (χ1n) is 5.27. The second-order valence-electron chi connectivity index (χ2n) is 3.56. The van der Waals surface area contributed by atoms with Gasteiger partial charge in [-0.1, -0.05) is 0 Å². The molecule has 3 rings (SSSR count). The average molecular weight is 243 g/mol. The van der Waals surface area contributed by atoms with Crippen molar-refractivity contribution in [3.8, 4) is 0 Å². The normalized spacial score (nSPS) is 10.7. The summed E-state index contributed by atoms with van der Waals surface area (Å²) in [6, 6.07) is 3.55. The Balaban J connectivity index is 1.76. The number of aromatic nitrogens is 5. The Hall–Kier alpha value is -2.70. The molecule has 0 aromatic carbocycles. The lowest BCUT2D eigenvalue weighted by Gasteiger charge is -2.05. The van der Waals surface area contributed by atoms with Crippen LogP contribution in [-0.4, -0.2) is 36.8 Å². The van der Waals surface area contributed by atoms with E-state index in [4.69, 9.17) is 4.84 Å². The molecule has 0 saturated heterocycles. The van der Waals surface area contributed by atoms with Gasteiger partial charge in [0.2, 0.25) is 0 Å². The second kappa shape index (κ2) is 4.28. The fraction of sp³-hybridized carbons (Fsp3) is 0.0909. The molecule has 7 nitrogen and oxygen atoms in total. The number of carbonyl (C=O) groups excluding carboxylic acids is 1. The molecule has 18 heavy (non-hydrogen) atoms. The SMILES string of the molecule is O=C(COn1cnc2cncnc21)n1cccc1. The molecule has 3 aromatic heterocycles. The molecule has 0 N–H and O–H groups in total. The Morgan fingerprint density at radius 2 is 2.11 bits per heavy atom. The zero-order chi connectivity index (χ0) is 12.4. The number of fused-ring (bicyclic) bond motifs is 1. The van der Waals surface area contributed by atoms with Crippen molar-refractivity contribution in [2.45, 2.75) is 0 Å². The minimum absolute atomic E-state index is 0.0931. The van der Waals surface area contributed by atoms with Crippen molar-refractivity contribution >= 4 is 17.1 Å². The van der Waals surface area contributed by atoms with E-state index in [1.165, 1.54) is 22.0 Å². The Morgan fingerprint density at radius 3 is 2.94 bits per heavy atom. The number of carbonyl (C=O) groups is 1. The molecular formula is C11H9N5O2. The van der Waals surface area contributed by atoms with Crippen molar-refractivity contribution in [3.05, 3.63) is 43.4 Å². The minimum atomic E-state index is -0.170. The summed E-state index contributed by atoms with van der Waals surface area (Å²) in [5, 5.41) is 0. The molecule has 0 bridgehead atoms. The van der Waals surface area contributed by atoms with Gasteiger partial charge in [-0.05, 0) is 12.1 Å². The quantitative estimate of drug-likeness (QED) is 0.665. The summed E-state index contributed by atoms with van der Waals surface area (Å²) in [6.45, 7) is -0.0931. The number of hydrogen-bond acceptors (Lipinski definition) is 5. The average Bonchev–Trinajstić information content (AvgIpc) is 3.06. The smallest absolute Gasteiger partial charge is 0.271 e. The van der Waals surface area contributed by atoms with Gasteiger partial charge in [-0.2, -0.15) is 4.73 Å². The Morgan fingerprint density at radius 1 is 1.28 bits per heavy atom. The first-order chi connectivity index (χ1) is 8.84. The van der Waals surface area contributed by atoms with Gasteiger partial charge in [0.05, 0.1) is 6.20 Å². The summed E-state index contributed by atoms with van der Waals surface area (Å²) in [5.41, 5.74) is 1.15. The number of rotatable bonds is 3. The molecular weight excluding hydrogens is 234 g/mol. The van der Waals surface area contributed by atoms with Crippen LogP contribution in [0.4, 0.5) is 0 Å². The van der Waals surface area contributed by atoms with E-state index in [1.807, 2.05) is 0 Å². The van der Waals surface area contributed by atoms with Gasteiger partial charge in [-0.25, -0.2) is 15.0 Å². The molecule has 0 spiro atoms. The largest absolute Gasteiger partial charge is 0.401 e. The summed E-state index contributed by atoms with van der Waals surface area (Å²) >= 11 is 0. The predicted molar refractivity (Wildman–Crippen MR) is 61.8 cm³/mol. The van der Waals surface area contributed by atoms with E-state index in [0.29, 0.717) is 11.2 Å². The highest BCUT2D eigenvalue weighted by Crippen LogP contribution is 2.04. The second-order valence-corrected chi connectivity index (χ2v) is 3.56. The lowest BCUT2D eigenvalue weighted by atomic mass is 10.6. The van der Waals surface area contributed by atoms with Crippen molar-refractivity contribution in [2.24, 2.45) is 0 Å². The third-order valence-corrected chi connectivity index (χ3v) is 2.40. The fourth-order valence-corrected chi connectivity index (χ4v) is 1.54. The summed E-state index contributed by atoms with van der Waals surface area (Å²) < 4.78 is 2.81. The maximum absolute atomic E-state index is 11.7.